The van der Waals surface area contributed by atoms with Gasteiger partial charge in [-0.1, -0.05) is 19.9 Å². The molecule has 0 aliphatic heterocycles. The average molecular weight is 267 g/mol. The third-order valence-electron chi connectivity index (χ3n) is 3.95. The van der Waals surface area contributed by atoms with Crippen LogP contribution in [0, 0.1) is 0 Å². The first kappa shape index (κ1) is 15.8. The Morgan fingerprint density at radius 2 is 1.53 bits per heavy atom. The zero-order valence-corrected chi connectivity index (χ0v) is 12.5. The minimum atomic E-state index is -0.415. The van der Waals surface area contributed by atoms with Crippen molar-refractivity contribution < 1.29 is 14.2 Å². The summed E-state index contributed by atoms with van der Waals surface area (Å²) in [4.78, 5) is 0. The summed E-state index contributed by atoms with van der Waals surface area (Å²) in [6.07, 6.45) is 1.64. The topological polar surface area (TPSA) is 53.7 Å². The van der Waals surface area contributed by atoms with Gasteiger partial charge in [0, 0.05) is 7.11 Å². The van der Waals surface area contributed by atoms with Gasteiger partial charge in [-0.05, 0) is 25.0 Å². The van der Waals surface area contributed by atoms with E-state index in [-0.39, 0.29) is 6.04 Å². The third kappa shape index (κ3) is 2.85. The van der Waals surface area contributed by atoms with Crippen molar-refractivity contribution in [1.29, 1.82) is 0 Å². The molecule has 0 aliphatic rings. The Bertz CT molecular complexity index is 372. The van der Waals surface area contributed by atoms with Crippen LogP contribution in [0.25, 0.3) is 0 Å². The molecule has 0 saturated heterocycles. The van der Waals surface area contributed by atoms with Gasteiger partial charge in [0.15, 0.2) is 0 Å². The molecule has 19 heavy (non-hydrogen) atoms. The smallest absolute Gasteiger partial charge is 0.127 e. The minimum Gasteiger partial charge on any atom is -0.496 e. The molecule has 0 fully saturated rings. The minimum absolute atomic E-state index is 0.307. The van der Waals surface area contributed by atoms with E-state index in [9.17, 15) is 0 Å². The third-order valence-corrected chi connectivity index (χ3v) is 3.95. The molecule has 1 atom stereocenters. The molecular formula is C15H25NO3. The highest BCUT2D eigenvalue weighted by molar-refractivity contribution is 5.48. The standard InChI is InChI=1S/C15H25NO3/c1-6-15(7-2,19-5)14(16)13-11(17-3)9-8-10-12(13)18-4/h8-10,14H,6-7,16H2,1-5H3. The van der Waals surface area contributed by atoms with E-state index in [1.807, 2.05) is 18.2 Å². The number of nitrogens with two attached hydrogens (primary N) is 1. The fourth-order valence-corrected chi connectivity index (χ4v) is 2.55. The van der Waals surface area contributed by atoms with Crippen LogP contribution in [0.15, 0.2) is 18.2 Å². The largest absolute Gasteiger partial charge is 0.496 e. The van der Waals surface area contributed by atoms with Gasteiger partial charge >= 0.3 is 0 Å². The van der Waals surface area contributed by atoms with Crippen molar-refractivity contribution >= 4 is 0 Å². The van der Waals surface area contributed by atoms with E-state index in [1.54, 1.807) is 21.3 Å². The van der Waals surface area contributed by atoms with E-state index in [4.69, 9.17) is 19.9 Å². The highest BCUT2D eigenvalue weighted by Gasteiger charge is 2.37. The SMILES string of the molecule is CCC(CC)(OC)C(N)c1c(OC)cccc1OC. The second kappa shape index (κ2) is 6.78. The molecule has 0 bridgehead atoms. The van der Waals surface area contributed by atoms with Crippen molar-refractivity contribution in [1.82, 2.24) is 0 Å². The number of ether oxygens (including phenoxy) is 3. The Hall–Kier alpha value is -1.26. The molecule has 0 aromatic heterocycles. The molecule has 108 valence electrons. The molecule has 4 heteroatoms. The first-order valence-electron chi connectivity index (χ1n) is 6.61. The summed E-state index contributed by atoms with van der Waals surface area (Å²) in [5.74, 6) is 1.46. The Morgan fingerprint density at radius 1 is 1.05 bits per heavy atom. The van der Waals surface area contributed by atoms with E-state index < -0.39 is 5.60 Å². The first-order chi connectivity index (χ1) is 9.10. The monoisotopic (exact) mass is 267 g/mol. The number of methoxy groups -OCH3 is 3. The van der Waals surface area contributed by atoms with Crippen molar-refractivity contribution in [2.45, 2.75) is 38.3 Å². The summed E-state index contributed by atoms with van der Waals surface area (Å²) in [6, 6.07) is 5.37. The average Bonchev–Trinajstić information content (AvgIpc) is 2.48. The molecule has 0 spiro atoms. The molecule has 1 rings (SSSR count). The molecule has 1 aromatic rings. The van der Waals surface area contributed by atoms with Crippen LogP contribution in [0.4, 0.5) is 0 Å². The Balaban J connectivity index is 3.34. The fraction of sp³-hybridized carbons (Fsp3) is 0.600. The van der Waals surface area contributed by atoms with Crippen LogP contribution < -0.4 is 15.2 Å². The lowest BCUT2D eigenvalue weighted by Gasteiger charge is -2.37. The van der Waals surface area contributed by atoms with Crippen molar-refractivity contribution in [3.05, 3.63) is 23.8 Å². The fourth-order valence-electron chi connectivity index (χ4n) is 2.55. The number of hydrogen-bond donors (Lipinski definition) is 1. The highest BCUT2D eigenvalue weighted by atomic mass is 16.5. The molecule has 0 saturated carbocycles. The first-order valence-corrected chi connectivity index (χ1v) is 6.61. The molecule has 4 nitrogen and oxygen atoms in total. The van der Waals surface area contributed by atoms with Crippen molar-refractivity contribution in [3.63, 3.8) is 0 Å². The normalized spacial score (nSPS) is 13.2. The van der Waals surface area contributed by atoms with E-state index in [2.05, 4.69) is 13.8 Å². The lowest BCUT2D eigenvalue weighted by molar-refractivity contribution is -0.0394. The summed E-state index contributed by atoms with van der Waals surface area (Å²) in [6.45, 7) is 4.16. The van der Waals surface area contributed by atoms with E-state index in [0.29, 0.717) is 0 Å². The van der Waals surface area contributed by atoms with Gasteiger partial charge in [0.05, 0.1) is 31.4 Å². The van der Waals surface area contributed by atoms with E-state index in [1.165, 1.54) is 0 Å². The van der Waals surface area contributed by atoms with Gasteiger partial charge in [0.25, 0.3) is 0 Å². The van der Waals surface area contributed by atoms with Crippen LogP contribution in [0.2, 0.25) is 0 Å². The van der Waals surface area contributed by atoms with Gasteiger partial charge in [-0.2, -0.15) is 0 Å². The predicted molar refractivity (Wildman–Crippen MR) is 76.8 cm³/mol. The van der Waals surface area contributed by atoms with Crippen LogP contribution >= 0.6 is 0 Å². The Morgan fingerprint density at radius 3 is 1.84 bits per heavy atom. The lowest BCUT2D eigenvalue weighted by atomic mass is 9.83. The van der Waals surface area contributed by atoms with Gasteiger partial charge in [-0.3, -0.25) is 0 Å². The van der Waals surface area contributed by atoms with Gasteiger partial charge < -0.3 is 19.9 Å². The van der Waals surface area contributed by atoms with Crippen molar-refractivity contribution in [2.75, 3.05) is 21.3 Å². The summed E-state index contributed by atoms with van der Waals surface area (Å²) < 4.78 is 16.6. The second-order valence-corrected chi connectivity index (χ2v) is 4.53. The van der Waals surface area contributed by atoms with Gasteiger partial charge in [-0.25, -0.2) is 0 Å². The van der Waals surface area contributed by atoms with Gasteiger partial charge in [0.2, 0.25) is 0 Å². The quantitative estimate of drug-likeness (QED) is 0.825. The second-order valence-electron chi connectivity index (χ2n) is 4.53. The van der Waals surface area contributed by atoms with Crippen LogP contribution in [0.3, 0.4) is 0 Å². The molecule has 0 aliphatic carbocycles. The maximum atomic E-state index is 6.47. The van der Waals surface area contributed by atoms with Crippen molar-refractivity contribution in [3.8, 4) is 11.5 Å². The number of benzene rings is 1. The maximum absolute atomic E-state index is 6.47. The van der Waals surface area contributed by atoms with Gasteiger partial charge in [0.1, 0.15) is 11.5 Å². The molecule has 2 N–H and O–H groups in total. The predicted octanol–water partition coefficient (Wildman–Crippen LogP) is 2.91. The van der Waals surface area contributed by atoms with Crippen LogP contribution in [0.5, 0.6) is 11.5 Å². The zero-order chi connectivity index (χ0) is 14.5. The molecular weight excluding hydrogens is 242 g/mol. The lowest BCUT2D eigenvalue weighted by Crippen LogP contribution is -2.42. The zero-order valence-electron chi connectivity index (χ0n) is 12.5. The van der Waals surface area contributed by atoms with Crippen LogP contribution in [-0.4, -0.2) is 26.9 Å². The molecule has 1 aromatic carbocycles. The molecule has 0 amide bonds. The number of hydrogen-bond acceptors (Lipinski definition) is 4. The summed E-state index contributed by atoms with van der Waals surface area (Å²) >= 11 is 0. The van der Waals surface area contributed by atoms with E-state index in [0.717, 1.165) is 29.9 Å². The summed E-state index contributed by atoms with van der Waals surface area (Å²) in [5.41, 5.74) is 6.92. The molecule has 1 unspecified atom stereocenters. The highest BCUT2D eigenvalue weighted by Crippen LogP contribution is 2.41. The Kier molecular flexibility index (Phi) is 5.63. The molecule has 0 heterocycles. The van der Waals surface area contributed by atoms with Gasteiger partial charge in [-0.15, -0.1) is 0 Å². The van der Waals surface area contributed by atoms with Crippen molar-refractivity contribution in [2.24, 2.45) is 5.73 Å². The summed E-state index contributed by atoms with van der Waals surface area (Å²) in [5, 5.41) is 0. The summed E-state index contributed by atoms with van der Waals surface area (Å²) in [7, 11) is 4.98. The Labute approximate surface area is 115 Å². The maximum Gasteiger partial charge on any atom is 0.127 e. The van der Waals surface area contributed by atoms with Crippen LogP contribution in [0.1, 0.15) is 38.3 Å². The molecule has 0 radical (unpaired) electrons. The van der Waals surface area contributed by atoms with Crippen LogP contribution in [-0.2, 0) is 4.74 Å². The number of rotatable bonds is 7. The van der Waals surface area contributed by atoms with E-state index >= 15 is 0 Å².